The van der Waals surface area contributed by atoms with Crippen LogP contribution in [0.2, 0.25) is 5.02 Å². The van der Waals surface area contributed by atoms with Crippen LogP contribution in [0.25, 0.3) is 5.65 Å². The summed E-state index contributed by atoms with van der Waals surface area (Å²) < 4.78 is 13.5. The molecule has 0 atom stereocenters. The van der Waals surface area contributed by atoms with Crippen molar-refractivity contribution < 1.29 is 14.3 Å². The lowest BCUT2D eigenvalue weighted by Gasteiger charge is -2.18. The lowest BCUT2D eigenvalue weighted by atomic mass is 10.0. The molecule has 0 aliphatic carbocycles. The molecule has 3 aromatic rings. The molecule has 2 aromatic heterocycles. The minimum Gasteiger partial charge on any atom is -0.483 e. The molecule has 6 nitrogen and oxygen atoms in total. The zero-order chi connectivity index (χ0) is 19.0. The lowest BCUT2D eigenvalue weighted by molar-refractivity contribution is -0.123. The summed E-state index contributed by atoms with van der Waals surface area (Å²) in [6.45, 7) is 4.30. The second-order valence-electron chi connectivity index (χ2n) is 7.19. The molecule has 1 aliphatic heterocycles. The number of hydrogen-bond acceptors (Lipinski definition) is 4. The van der Waals surface area contributed by atoms with Crippen LogP contribution in [-0.2, 0) is 17.8 Å². The van der Waals surface area contributed by atoms with Crippen LogP contribution in [0.5, 0.6) is 11.5 Å². The van der Waals surface area contributed by atoms with Crippen molar-refractivity contribution in [3.63, 3.8) is 0 Å². The van der Waals surface area contributed by atoms with E-state index < -0.39 is 0 Å². The van der Waals surface area contributed by atoms with Gasteiger partial charge in [0.15, 0.2) is 18.1 Å². The summed E-state index contributed by atoms with van der Waals surface area (Å²) in [5.41, 5.74) is 2.37. The van der Waals surface area contributed by atoms with Gasteiger partial charge in [0.1, 0.15) is 11.2 Å². The summed E-state index contributed by atoms with van der Waals surface area (Å²) in [7, 11) is 0. The number of fused-ring (bicyclic) bond motifs is 2. The highest BCUT2D eigenvalue weighted by molar-refractivity contribution is 6.30. The molecule has 0 saturated carbocycles. The number of pyridine rings is 1. The fourth-order valence-electron chi connectivity index (χ4n) is 3.19. The zero-order valence-electron chi connectivity index (χ0n) is 15.2. The van der Waals surface area contributed by atoms with E-state index in [-0.39, 0.29) is 18.1 Å². The number of benzene rings is 1. The summed E-state index contributed by atoms with van der Waals surface area (Å²) in [4.78, 5) is 16.6. The Morgan fingerprint density at radius 2 is 2.19 bits per heavy atom. The van der Waals surface area contributed by atoms with E-state index in [4.69, 9.17) is 21.1 Å². The van der Waals surface area contributed by atoms with Crippen LogP contribution in [0, 0.1) is 0 Å². The predicted octanol–water partition coefficient (Wildman–Crippen LogP) is 3.40. The average Bonchev–Trinajstić information content (AvgIpc) is 3.16. The normalized spacial score (nSPS) is 14.6. The van der Waals surface area contributed by atoms with Crippen molar-refractivity contribution in [1.29, 1.82) is 0 Å². The topological polar surface area (TPSA) is 64.9 Å². The van der Waals surface area contributed by atoms with Crippen molar-refractivity contribution in [1.82, 2.24) is 14.7 Å². The van der Waals surface area contributed by atoms with Crippen LogP contribution >= 0.6 is 11.6 Å². The Balaban J connectivity index is 1.35. The van der Waals surface area contributed by atoms with Crippen LogP contribution in [0.4, 0.5) is 0 Å². The van der Waals surface area contributed by atoms with Gasteiger partial charge >= 0.3 is 0 Å². The molecular weight excluding hydrogens is 366 g/mol. The standard InChI is InChI=1S/C20H20ClN3O3/c1-20(2)8-13-4-3-5-16(19(13)27-20)26-12-18(25)22-9-15-11-24-10-14(21)6-7-17(24)23-15/h3-7,10-11H,8-9,12H2,1-2H3,(H,22,25). The number of nitrogens with zero attached hydrogens (tertiary/aromatic N) is 2. The first kappa shape index (κ1) is 17.7. The summed E-state index contributed by atoms with van der Waals surface area (Å²) in [6.07, 6.45) is 4.43. The van der Waals surface area contributed by atoms with E-state index in [1.807, 2.05) is 48.7 Å². The minimum atomic E-state index is -0.254. The molecule has 7 heteroatoms. The molecule has 140 valence electrons. The van der Waals surface area contributed by atoms with Gasteiger partial charge in [-0.2, -0.15) is 0 Å². The molecule has 27 heavy (non-hydrogen) atoms. The SMILES string of the molecule is CC1(C)Cc2cccc(OCC(=O)NCc3cn4cc(Cl)ccc4n3)c2O1. The van der Waals surface area contributed by atoms with E-state index in [1.165, 1.54) is 0 Å². The number of halogens is 1. The summed E-state index contributed by atoms with van der Waals surface area (Å²) in [5.74, 6) is 1.10. The Morgan fingerprint density at radius 3 is 3.04 bits per heavy atom. The van der Waals surface area contributed by atoms with Gasteiger partial charge in [-0.3, -0.25) is 4.79 Å². The monoisotopic (exact) mass is 385 g/mol. The number of hydrogen-bond donors (Lipinski definition) is 1. The van der Waals surface area contributed by atoms with Gasteiger partial charge in [-0.1, -0.05) is 23.7 Å². The van der Waals surface area contributed by atoms with E-state index >= 15 is 0 Å². The third-order valence-corrected chi connectivity index (χ3v) is 4.57. The van der Waals surface area contributed by atoms with Gasteiger partial charge in [0.2, 0.25) is 0 Å². The van der Waals surface area contributed by atoms with Gasteiger partial charge in [0.25, 0.3) is 5.91 Å². The van der Waals surface area contributed by atoms with E-state index in [0.29, 0.717) is 17.3 Å². The lowest BCUT2D eigenvalue weighted by Crippen LogP contribution is -2.28. The maximum Gasteiger partial charge on any atom is 0.258 e. The maximum atomic E-state index is 12.2. The molecule has 3 heterocycles. The number of carbonyl (C=O) groups is 1. The molecule has 0 fully saturated rings. The van der Waals surface area contributed by atoms with Crippen LogP contribution in [0.1, 0.15) is 25.1 Å². The highest BCUT2D eigenvalue weighted by Gasteiger charge is 2.32. The molecule has 1 aromatic carbocycles. The third kappa shape index (κ3) is 3.85. The molecule has 0 saturated heterocycles. The first-order valence-corrected chi connectivity index (χ1v) is 9.11. The number of aromatic nitrogens is 2. The number of rotatable bonds is 5. The molecule has 4 rings (SSSR count). The van der Waals surface area contributed by atoms with E-state index in [1.54, 1.807) is 12.3 Å². The molecule has 1 aliphatic rings. The minimum absolute atomic E-state index is 0.0839. The molecule has 1 N–H and O–H groups in total. The zero-order valence-corrected chi connectivity index (χ0v) is 15.9. The summed E-state index contributed by atoms with van der Waals surface area (Å²) in [6, 6.07) is 9.36. The Bertz CT molecular complexity index is 1010. The summed E-state index contributed by atoms with van der Waals surface area (Å²) in [5, 5.41) is 3.44. The van der Waals surface area contributed by atoms with E-state index in [0.717, 1.165) is 29.1 Å². The van der Waals surface area contributed by atoms with Gasteiger partial charge < -0.3 is 19.2 Å². The first-order valence-electron chi connectivity index (χ1n) is 8.73. The van der Waals surface area contributed by atoms with Crippen LogP contribution in [0.15, 0.2) is 42.7 Å². The van der Waals surface area contributed by atoms with Gasteiger partial charge in [-0.15, -0.1) is 0 Å². The van der Waals surface area contributed by atoms with Crippen LogP contribution in [-0.4, -0.2) is 27.5 Å². The second kappa shape index (κ2) is 6.78. The van der Waals surface area contributed by atoms with Crippen LogP contribution in [0.3, 0.4) is 0 Å². The second-order valence-corrected chi connectivity index (χ2v) is 7.63. The van der Waals surface area contributed by atoms with Crippen molar-refractivity contribution in [2.24, 2.45) is 0 Å². The fraction of sp³-hybridized carbons (Fsp3) is 0.300. The van der Waals surface area contributed by atoms with Crippen molar-refractivity contribution >= 4 is 23.2 Å². The molecule has 0 spiro atoms. The fourth-order valence-corrected chi connectivity index (χ4v) is 3.36. The van der Waals surface area contributed by atoms with Gasteiger partial charge in [0, 0.05) is 24.4 Å². The third-order valence-electron chi connectivity index (χ3n) is 4.35. The first-order chi connectivity index (χ1) is 12.9. The number of imidazole rings is 1. The van der Waals surface area contributed by atoms with Crippen molar-refractivity contribution in [2.45, 2.75) is 32.4 Å². The molecule has 1 amide bonds. The van der Waals surface area contributed by atoms with Crippen molar-refractivity contribution in [3.8, 4) is 11.5 Å². The molecule has 0 bridgehead atoms. The van der Waals surface area contributed by atoms with Gasteiger partial charge in [0.05, 0.1) is 17.3 Å². The number of para-hydroxylation sites is 1. The largest absolute Gasteiger partial charge is 0.483 e. The Kier molecular flexibility index (Phi) is 4.44. The Labute approximate surface area is 162 Å². The smallest absolute Gasteiger partial charge is 0.258 e. The highest BCUT2D eigenvalue weighted by Crippen LogP contribution is 2.41. The van der Waals surface area contributed by atoms with Crippen LogP contribution < -0.4 is 14.8 Å². The quantitative estimate of drug-likeness (QED) is 0.731. The molecule has 0 radical (unpaired) electrons. The van der Waals surface area contributed by atoms with Gasteiger partial charge in [-0.05, 0) is 32.0 Å². The number of amides is 1. The van der Waals surface area contributed by atoms with Crippen molar-refractivity contribution in [3.05, 3.63) is 59.0 Å². The van der Waals surface area contributed by atoms with Crippen molar-refractivity contribution in [2.75, 3.05) is 6.61 Å². The molecular formula is C20H20ClN3O3. The number of nitrogens with one attached hydrogen (secondary N) is 1. The van der Waals surface area contributed by atoms with E-state index in [2.05, 4.69) is 10.3 Å². The predicted molar refractivity (Wildman–Crippen MR) is 102 cm³/mol. The Morgan fingerprint density at radius 1 is 1.33 bits per heavy atom. The van der Waals surface area contributed by atoms with Gasteiger partial charge in [-0.25, -0.2) is 4.98 Å². The Hall–Kier alpha value is -2.73. The van der Waals surface area contributed by atoms with E-state index in [9.17, 15) is 4.79 Å². The number of carbonyl (C=O) groups excluding carboxylic acids is 1. The maximum absolute atomic E-state index is 12.2. The summed E-state index contributed by atoms with van der Waals surface area (Å²) >= 11 is 5.97. The average molecular weight is 386 g/mol. The molecule has 0 unspecified atom stereocenters. The highest BCUT2D eigenvalue weighted by atomic mass is 35.5. The number of ether oxygens (including phenoxy) is 2.